The molecule has 3 heterocycles. The summed E-state index contributed by atoms with van der Waals surface area (Å²) in [5, 5.41) is 2.58. The second-order valence-corrected chi connectivity index (χ2v) is 5.66. The molecule has 0 bridgehead atoms. The van der Waals surface area contributed by atoms with Gasteiger partial charge in [-0.3, -0.25) is 9.88 Å². The average molecular weight is 265 g/mol. The van der Waals surface area contributed by atoms with Crippen LogP contribution in [0.5, 0.6) is 0 Å². The van der Waals surface area contributed by atoms with Crippen LogP contribution in [0.15, 0.2) is 42.7 Å². The van der Waals surface area contributed by atoms with Gasteiger partial charge in [-0.1, -0.05) is 24.6 Å². The van der Waals surface area contributed by atoms with Crippen LogP contribution in [0.25, 0.3) is 21.8 Å². The Kier molecular flexibility index (Phi) is 2.92. The lowest BCUT2D eigenvalue weighted by Gasteiger charge is -2.27. The maximum atomic E-state index is 4.30. The first-order valence-corrected chi connectivity index (χ1v) is 7.47. The third-order valence-electron chi connectivity index (χ3n) is 4.36. The standard InChI is InChI=1S/C17H19N3/c1-4-10-19(11-5-1)13-20-16-7-3-2-6-14(16)15-12-18-9-8-17(15)20/h2-3,6-9,12H,1,4-5,10-11,13H2. The minimum absolute atomic E-state index is 0.994. The summed E-state index contributed by atoms with van der Waals surface area (Å²) >= 11 is 0. The van der Waals surface area contributed by atoms with Gasteiger partial charge in [0, 0.05) is 23.2 Å². The number of rotatable bonds is 2. The van der Waals surface area contributed by atoms with E-state index in [-0.39, 0.29) is 0 Å². The predicted molar refractivity (Wildman–Crippen MR) is 82.7 cm³/mol. The van der Waals surface area contributed by atoms with Crippen LogP contribution in [0.4, 0.5) is 0 Å². The van der Waals surface area contributed by atoms with Gasteiger partial charge in [0.15, 0.2) is 0 Å². The molecule has 0 N–H and O–H groups in total. The highest BCUT2D eigenvalue weighted by Gasteiger charge is 2.14. The van der Waals surface area contributed by atoms with E-state index in [1.165, 1.54) is 54.2 Å². The fourth-order valence-corrected chi connectivity index (χ4v) is 3.35. The van der Waals surface area contributed by atoms with Crippen LogP contribution in [0.3, 0.4) is 0 Å². The first-order valence-electron chi connectivity index (χ1n) is 7.47. The molecule has 1 fully saturated rings. The Morgan fingerprint density at radius 2 is 1.70 bits per heavy atom. The van der Waals surface area contributed by atoms with E-state index >= 15 is 0 Å². The highest BCUT2D eigenvalue weighted by atomic mass is 15.2. The van der Waals surface area contributed by atoms with Gasteiger partial charge in [-0.15, -0.1) is 0 Å². The highest BCUT2D eigenvalue weighted by Crippen LogP contribution is 2.28. The van der Waals surface area contributed by atoms with Crippen molar-refractivity contribution in [2.45, 2.75) is 25.9 Å². The maximum Gasteiger partial charge on any atom is 0.0757 e. The third kappa shape index (κ3) is 1.90. The van der Waals surface area contributed by atoms with Crippen LogP contribution >= 0.6 is 0 Å². The average Bonchev–Trinajstić information content (AvgIpc) is 2.84. The molecule has 0 aliphatic carbocycles. The van der Waals surface area contributed by atoms with Gasteiger partial charge in [0.25, 0.3) is 0 Å². The Bertz CT molecular complexity index is 685. The van der Waals surface area contributed by atoms with E-state index in [2.05, 4.69) is 44.8 Å². The van der Waals surface area contributed by atoms with E-state index in [0.717, 1.165) is 6.67 Å². The number of para-hydroxylation sites is 1. The molecule has 20 heavy (non-hydrogen) atoms. The Morgan fingerprint density at radius 1 is 0.900 bits per heavy atom. The second kappa shape index (κ2) is 4.91. The SMILES string of the molecule is c1ccc2c(c1)c1cnccc1n2CN1CCCCC1. The Labute approximate surface area is 118 Å². The summed E-state index contributed by atoms with van der Waals surface area (Å²) in [6.07, 6.45) is 7.93. The van der Waals surface area contributed by atoms with Gasteiger partial charge in [-0.05, 0) is 38.1 Å². The molecule has 1 aromatic carbocycles. The summed E-state index contributed by atoms with van der Waals surface area (Å²) in [6, 6.07) is 10.8. The van der Waals surface area contributed by atoms with E-state index < -0.39 is 0 Å². The number of aromatic nitrogens is 2. The highest BCUT2D eigenvalue weighted by molar-refractivity contribution is 6.07. The van der Waals surface area contributed by atoms with Crippen molar-refractivity contribution in [1.29, 1.82) is 0 Å². The van der Waals surface area contributed by atoms with Crippen LogP contribution < -0.4 is 0 Å². The minimum atomic E-state index is 0.994. The number of likely N-dealkylation sites (tertiary alicyclic amines) is 1. The number of hydrogen-bond acceptors (Lipinski definition) is 2. The summed E-state index contributed by atoms with van der Waals surface area (Å²) in [5.74, 6) is 0. The fourth-order valence-electron chi connectivity index (χ4n) is 3.35. The summed E-state index contributed by atoms with van der Waals surface area (Å²) in [7, 11) is 0. The van der Waals surface area contributed by atoms with Crippen LogP contribution in [0.1, 0.15) is 19.3 Å². The molecule has 0 spiro atoms. The van der Waals surface area contributed by atoms with Crippen molar-refractivity contribution in [2.24, 2.45) is 0 Å². The number of hydrogen-bond donors (Lipinski definition) is 0. The number of benzene rings is 1. The minimum Gasteiger partial charge on any atom is -0.327 e. The van der Waals surface area contributed by atoms with E-state index in [1.54, 1.807) is 0 Å². The molecule has 0 saturated carbocycles. The zero-order valence-electron chi connectivity index (χ0n) is 11.6. The monoisotopic (exact) mass is 265 g/mol. The molecule has 4 rings (SSSR count). The summed E-state index contributed by atoms with van der Waals surface area (Å²) in [4.78, 5) is 6.86. The zero-order chi connectivity index (χ0) is 13.4. The van der Waals surface area contributed by atoms with Crippen molar-refractivity contribution in [3.8, 4) is 0 Å². The van der Waals surface area contributed by atoms with Crippen LogP contribution in [-0.2, 0) is 6.67 Å². The lowest BCUT2D eigenvalue weighted by Crippen LogP contribution is -2.31. The molecule has 3 aromatic rings. The largest absolute Gasteiger partial charge is 0.327 e. The fraction of sp³-hybridized carbons (Fsp3) is 0.353. The molecule has 3 nitrogen and oxygen atoms in total. The maximum absolute atomic E-state index is 4.30. The Hall–Kier alpha value is -1.87. The van der Waals surface area contributed by atoms with Gasteiger partial charge in [0.1, 0.15) is 0 Å². The quantitative estimate of drug-likeness (QED) is 0.705. The molecule has 3 heteroatoms. The molecule has 1 aliphatic rings. The van der Waals surface area contributed by atoms with Gasteiger partial charge in [-0.25, -0.2) is 0 Å². The molecule has 0 amide bonds. The Morgan fingerprint density at radius 3 is 2.60 bits per heavy atom. The van der Waals surface area contributed by atoms with Crippen LogP contribution in [-0.4, -0.2) is 27.5 Å². The molecule has 2 aromatic heterocycles. The Balaban J connectivity index is 1.86. The van der Waals surface area contributed by atoms with Crippen LogP contribution in [0, 0.1) is 0 Å². The van der Waals surface area contributed by atoms with E-state index in [9.17, 15) is 0 Å². The predicted octanol–water partition coefficient (Wildman–Crippen LogP) is 3.63. The van der Waals surface area contributed by atoms with E-state index in [4.69, 9.17) is 0 Å². The van der Waals surface area contributed by atoms with Gasteiger partial charge >= 0.3 is 0 Å². The summed E-state index contributed by atoms with van der Waals surface area (Å²) in [5.41, 5.74) is 2.62. The van der Waals surface area contributed by atoms with Crippen molar-refractivity contribution in [3.05, 3.63) is 42.7 Å². The number of nitrogens with zero attached hydrogens (tertiary/aromatic N) is 3. The van der Waals surface area contributed by atoms with Crippen molar-refractivity contribution in [2.75, 3.05) is 13.1 Å². The van der Waals surface area contributed by atoms with Crippen molar-refractivity contribution < 1.29 is 0 Å². The first kappa shape index (κ1) is 11.9. The number of fused-ring (bicyclic) bond motifs is 3. The molecule has 102 valence electrons. The van der Waals surface area contributed by atoms with E-state index in [0.29, 0.717) is 0 Å². The van der Waals surface area contributed by atoms with Crippen molar-refractivity contribution >= 4 is 21.8 Å². The summed E-state index contributed by atoms with van der Waals surface area (Å²) < 4.78 is 2.44. The topological polar surface area (TPSA) is 21.1 Å². The van der Waals surface area contributed by atoms with Crippen molar-refractivity contribution in [3.63, 3.8) is 0 Å². The lowest BCUT2D eigenvalue weighted by atomic mass is 10.1. The molecule has 0 unspecified atom stereocenters. The zero-order valence-corrected chi connectivity index (χ0v) is 11.6. The van der Waals surface area contributed by atoms with Crippen LogP contribution in [0.2, 0.25) is 0 Å². The van der Waals surface area contributed by atoms with E-state index in [1.807, 2.05) is 12.4 Å². The molecular weight excluding hydrogens is 246 g/mol. The summed E-state index contributed by atoms with van der Waals surface area (Å²) in [6.45, 7) is 3.44. The molecule has 1 saturated heterocycles. The third-order valence-corrected chi connectivity index (χ3v) is 4.36. The number of piperidine rings is 1. The van der Waals surface area contributed by atoms with Gasteiger partial charge in [0.05, 0.1) is 17.7 Å². The van der Waals surface area contributed by atoms with Gasteiger partial charge in [-0.2, -0.15) is 0 Å². The van der Waals surface area contributed by atoms with Gasteiger partial charge < -0.3 is 4.57 Å². The normalized spacial score (nSPS) is 17.0. The molecule has 1 aliphatic heterocycles. The molecule has 0 radical (unpaired) electrons. The number of pyridine rings is 1. The first-order chi connectivity index (χ1) is 9.93. The molecule has 0 atom stereocenters. The smallest absolute Gasteiger partial charge is 0.0757 e. The van der Waals surface area contributed by atoms with Gasteiger partial charge in [0.2, 0.25) is 0 Å². The molecular formula is C17H19N3. The lowest BCUT2D eigenvalue weighted by molar-refractivity contribution is 0.187. The van der Waals surface area contributed by atoms with Crippen molar-refractivity contribution in [1.82, 2.24) is 14.5 Å². The second-order valence-electron chi connectivity index (χ2n) is 5.66.